The minimum Gasteiger partial charge on any atom is -0.351 e. The molecule has 7 heteroatoms. The van der Waals surface area contributed by atoms with Gasteiger partial charge < -0.3 is 10.6 Å². The lowest BCUT2D eigenvalue weighted by Crippen LogP contribution is -2.44. The molecule has 1 aliphatic carbocycles. The third-order valence-corrected chi connectivity index (χ3v) is 5.93. The van der Waals surface area contributed by atoms with Crippen LogP contribution in [0, 0.1) is 6.92 Å². The van der Waals surface area contributed by atoms with E-state index in [1.54, 1.807) is 11.3 Å². The summed E-state index contributed by atoms with van der Waals surface area (Å²) in [7, 11) is 0. The molecule has 0 bridgehead atoms. The number of rotatable bonds is 6. The summed E-state index contributed by atoms with van der Waals surface area (Å²) in [4.78, 5) is 38.9. The van der Waals surface area contributed by atoms with Crippen molar-refractivity contribution in [3.63, 3.8) is 0 Å². The molecule has 1 aliphatic heterocycles. The van der Waals surface area contributed by atoms with Crippen molar-refractivity contribution in [3.05, 3.63) is 21.9 Å². The first-order chi connectivity index (χ1) is 11.5. The molecular weight excluding hydrogens is 326 g/mol. The molecule has 1 aromatic rings. The van der Waals surface area contributed by atoms with E-state index in [4.69, 9.17) is 0 Å². The second-order valence-corrected chi connectivity index (χ2v) is 7.58. The lowest BCUT2D eigenvalue weighted by Gasteiger charge is -2.19. The van der Waals surface area contributed by atoms with Crippen molar-refractivity contribution in [2.75, 3.05) is 6.54 Å². The molecule has 2 heterocycles. The van der Waals surface area contributed by atoms with Crippen LogP contribution in [0.5, 0.6) is 0 Å². The van der Waals surface area contributed by atoms with Crippen LogP contribution in [0.25, 0.3) is 0 Å². The number of carbonyl (C=O) groups is 3. The third-order valence-electron chi connectivity index (χ3n) is 4.90. The SMILES string of the molecule is Cc1ccsc1CNC(=O)CCCN1C(=O)NC2(CCCC2)C1=O. The first kappa shape index (κ1) is 17.0. The standard InChI is InChI=1S/C17H23N3O3S/c1-12-6-10-24-13(12)11-18-14(21)5-4-9-20-15(22)17(19-16(20)23)7-2-3-8-17/h6,10H,2-5,7-9,11H2,1H3,(H,18,21)(H,19,23). The van der Waals surface area contributed by atoms with E-state index in [1.165, 1.54) is 10.5 Å². The average molecular weight is 349 g/mol. The fourth-order valence-electron chi connectivity index (χ4n) is 3.45. The number of imide groups is 1. The van der Waals surface area contributed by atoms with E-state index < -0.39 is 5.54 Å². The van der Waals surface area contributed by atoms with E-state index in [-0.39, 0.29) is 17.8 Å². The van der Waals surface area contributed by atoms with Crippen molar-refractivity contribution >= 4 is 29.2 Å². The van der Waals surface area contributed by atoms with Crippen LogP contribution in [0.3, 0.4) is 0 Å². The van der Waals surface area contributed by atoms with Crippen LogP contribution in [0.4, 0.5) is 4.79 Å². The molecule has 0 radical (unpaired) electrons. The zero-order chi connectivity index (χ0) is 17.2. The van der Waals surface area contributed by atoms with Gasteiger partial charge in [0.2, 0.25) is 5.91 Å². The number of nitrogens with zero attached hydrogens (tertiary/aromatic N) is 1. The van der Waals surface area contributed by atoms with Crippen LogP contribution in [0.1, 0.15) is 49.0 Å². The Morgan fingerprint density at radius 3 is 2.79 bits per heavy atom. The molecule has 0 aromatic carbocycles. The normalized spacial score (nSPS) is 19.1. The Morgan fingerprint density at radius 2 is 2.12 bits per heavy atom. The van der Waals surface area contributed by atoms with Gasteiger partial charge >= 0.3 is 6.03 Å². The number of thiophene rings is 1. The van der Waals surface area contributed by atoms with Gasteiger partial charge in [0.1, 0.15) is 5.54 Å². The number of hydrogen-bond acceptors (Lipinski definition) is 4. The summed E-state index contributed by atoms with van der Waals surface area (Å²) >= 11 is 1.63. The molecule has 2 N–H and O–H groups in total. The topological polar surface area (TPSA) is 78.5 Å². The Balaban J connectivity index is 1.43. The van der Waals surface area contributed by atoms with Crippen molar-refractivity contribution in [1.29, 1.82) is 0 Å². The Kier molecular flexibility index (Phi) is 4.89. The zero-order valence-corrected chi connectivity index (χ0v) is 14.7. The monoisotopic (exact) mass is 349 g/mol. The molecular formula is C17H23N3O3S. The van der Waals surface area contributed by atoms with Crippen molar-refractivity contribution in [1.82, 2.24) is 15.5 Å². The lowest BCUT2D eigenvalue weighted by molar-refractivity contribution is -0.131. The Morgan fingerprint density at radius 1 is 1.38 bits per heavy atom. The molecule has 1 saturated carbocycles. The molecule has 0 unspecified atom stereocenters. The fourth-order valence-corrected chi connectivity index (χ4v) is 4.29. The summed E-state index contributed by atoms with van der Waals surface area (Å²) < 4.78 is 0. The first-order valence-corrected chi connectivity index (χ1v) is 9.34. The maximum Gasteiger partial charge on any atom is 0.325 e. The first-order valence-electron chi connectivity index (χ1n) is 8.46. The predicted molar refractivity (Wildman–Crippen MR) is 91.6 cm³/mol. The van der Waals surface area contributed by atoms with E-state index >= 15 is 0 Å². The van der Waals surface area contributed by atoms with Crippen molar-refractivity contribution in [2.24, 2.45) is 0 Å². The van der Waals surface area contributed by atoms with Gasteiger partial charge in [0, 0.05) is 17.8 Å². The number of carbonyl (C=O) groups excluding carboxylic acids is 3. The second-order valence-electron chi connectivity index (χ2n) is 6.58. The van der Waals surface area contributed by atoms with Crippen LogP contribution in [0.15, 0.2) is 11.4 Å². The van der Waals surface area contributed by atoms with Gasteiger partial charge in [-0.1, -0.05) is 12.8 Å². The number of hydrogen-bond donors (Lipinski definition) is 2. The minimum absolute atomic E-state index is 0.0505. The highest BCUT2D eigenvalue weighted by Crippen LogP contribution is 2.35. The fraction of sp³-hybridized carbons (Fsp3) is 0.588. The van der Waals surface area contributed by atoms with Gasteiger partial charge in [0.05, 0.1) is 6.54 Å². The molecule has 2 fully saturated rings. The summed E-state index contributed by atoms with van der Waals surface area (Å²) in [6.45, 7) is 2.86. The smallest absolute Gasteiger partial charge is 0.325 e. The maximum absolute atomic E-state index is 12.5. The molecule has 1 saturated heterocycles. The number of urea groups is 1. The third kappa shape index (κ3) is 3.31. The molecule has 6 nitrogen and oxygen atoms in total. The minimum atomic E-state index is -0.657. The highest BCUT2D eigenvalue weighted by Gasteiger charge is 2.51. The molecule has 3 rings (SSSR count). The van der Waals surface area contributed by atoms with E-state index in [0.717, 1.165) is 30.6 Å². The van der Waals surface area contributed by atoms with E-state index in [2.05, 4.69) is 10.6 Å². The van der Waals surface area contributed by atoms with Gasteiger partial charge in [-0.25, -0.2) is 4.79 Å². The van der Waals surface area contributed by atoms with Crippen molar-refractivity contribution in [2.45, 2.75) is 57.5 Å². The zero-order valence-electron chi connectivity index (χ0n) is 13.9. The van der Waals surface area contributed by atoms with Gasteiger partial charge in [-0.05, 0) is 43.2 Å². The van der Waals surface area contributed by atoms with Crippen LogP contribution in [0.2, 0.25) is 0 Å². The van der Waals surface area contributed by atoms with Gasteiger partial charge in [-0.2, -0.15) is 0 Å². The number of amides is 4. The van der Waals surface area contributed by atoms with Gasteiger partial charge in [0.15, 0.2) is 0 Å². The van der Waals surface area contributed by atoms with Crippen molar-refractivity contribution < 1.29 is 14.4 Å². The van der Waals surface area contributed by atoms with Gasteiger partial charge in [0.25, 0.3) is 5.91 Å². The summed E-state index contributed by atoms with van der Waals surface area (Å²) in [6.07, 6.45) is 4.22. The summed E-state index contributed by atoms with van der Waals surface area (Å²) in [5, 5.41) is 7.75. The Bertz CT molecular complexity index is 649. The maximum atomic E-state index is 12.5. The summed E-state index contributed by atoms with van der Waals surface area (Å²) in [5.74, 6) is -0.162. The van der Waals surface area contributed by atoms with E-state index in [1.807, 2.05) is 18.4 Å². The van der Waals surface area contributed by atoms with Crippen molar-refractivity contribution in [3.8, 4) is 0 Å². The second kappa shape index (κ2) is 6.93. The average Bonchev–Trinajstić information content (AvgIpc) is 3.23. The molecule has 4 amide bonds. The van der Waals surface area contributed by atoms with Crippen LogP contribution < -0.4 is 10.6 Å². The van der Waals surface area contributed by atoms with Crippen LogP contribution in [-0.2, 0) is 16.1 Å². The highest BCUT2D eigenvalue weighted by atomic mass is 32.1. The lowest BCUT2D eigenvalue weighted by atomic mass is 9.98. The molecule has 2 aliphatic rings. The molecule has 24 heavy (non-hydrogen) atoms. The van der Waals surface area contributed by atoms with E-state index in [9.17, 15) is 14.4 Å². The Labute approximate surface area is 145 Å². The van der Waals surface area contributed by atoms with Gasteiger partial charge in [-0.3, -0.25) is 14.5 Å². The molecule has 130 valence electrons. The summed E-state index contributed by atoms with van der Waals surface area (Å²) in [6, 6.07) is 1.72. The van der Waals surface area contributed by atoms with Crippen LogP contribution >= 0.6 is 11.3 Å². The molecule has 1 aromatic heterocycles. The van der Waals surface area contributed by atoms with Crippen LogP contribution in [-0.4, -0.2) is 34.8 Å². The number of nitrogens with one attached hydrogen (secondary N) is 2. The predicted octanol–water partition coefficient (Wildman–Crippen LogP) is 2.32. The Hall–Kier alpha value is -1.89. The van der Waals surface area contributed by atoms with E-state index in [0.29, 0.717) is 25.9 Å². The molecule has 0 atom stereocenters. The largest absolute Gasteiger partial charge is 0.351 e. The summed E-state index contributed by atoms with van der Waals surface area (Å²) in [5.41, 5.74) is 0.525. The highest BCUT2D eigenvalue weighted by molar-refractivity contribution is 7.10. The number of aryl methyl sites for hydroxylation is 1. The quantitative estimate of drug-likeness (QED) is 0.774. The molecule has 1 spiro atoms. The van der Waals surface area contributed by atoms with Gasteiger partial charge in [-0.15, -0.1) is 11.3 Å².